The molecule has 0 fully saturated rings. The van der Waals surface area contributed by atoms with Crippen LogP contribution < -0.4 is 0 Å². The number of aliphatic carboxylic acids is 1. The maximum atomic E-state index is 10.6. The van der Waals surface area contributed by atoms with E-state index in [4.69, 9.17) is 5.11 Å². The van der Waals surface area contributed by atoms with E-state index in [1.54, 1.807) is 6.20 Å². The summed E-state index contributed by atoms with van der Waals surface area (Å²) in [4.78, 5) is 14.8. The summed E-state index contributed by atoms with van der Waals surface area (Å²) in [5.74, 6) is 0.157. The summed E-state index contributed by atoms with van der Waals surface area (Å²) < 4.78 is 2.01. The van der Waals surface area contributed by atoms with E-state index in [0.29, 0.717) is 6.42 Å². The molecule has 1 heterocycles. The maximum absolute atomic E-state index is 10.6. The van der Waals surface area contributed by atoms with Crippen molar-refractivity contribution in [2.45, 2.75) is 26.7 Å². The van der Waals surface area contributed by atoms with Crippen LogP contribution in [0.4, 0.5) is 0 Å². The predicted molar refractivity (Wildman–Crippen MR) is 69.0 cm³/mol. The first-order chi connectivity index (χ1) is 8.58. The highest BCUT2D eigenvalue weighted by Gasteiger charge is 2.06. The first-order valence-electron chi connectivity index (χ1n) is 5.89. The van der Waals surface area contributed by atoms with Gasteiger partial charge in [0.15, 0.2) is 0 Å². The lowest BCUT2D eigenvalue weighted by molar-refractivity contribution is -0.136. The van der Waals surface area contributed by atoms with Gasteiger partial charge >= 0.3 is 5.97 Å². The Morgan fingerprint density at radius 1 is 1.39 bits per heavy atom. The minimum atomic E-state index is -0.768. The van der Waals surface area contributed by atoms with Crippen LogP contribution in [0.5, 0.6) is 0 Å². The third-order valence-corrected chi connectivity index (χ3v) is 2.99. The predicted octanol–water partition coefficient (Wildman–Crippen LogP) is 2.51. The zero-order valence-electron chi connectivity index (χ0n) is 10.6. The highest BCUT2D eigenvalue weighted by Crippen LogP contribution is 2.18. The molecule has 0 bridgehead atoms. The molecule has 1 N–H and O–H groups in total. The molecule has 2 aromatic rings. The van der Waals surface area contributed by atoms with Crippen molar-refractivity contribution in [3.63, 3.8) is 0 Å². The molecule has 4 nitrogen and oxygen atoms in total. The van der Waals surface area contributed by atoms with Crippen LogP contribution in [0.25, 0.3) is 5.69 Å². The quantitative estimate of drug-likeness (QED) is 0.899. The van der Waals surface area contributed by atoms with Crippen molar-refractivity contribution in [3.8, 4) is 5.69 Å². The normalized spacial score (nSPS) is 10.6. The average Bonchev–Trinajstić information content (AvgIpc) is 2.74. The van der Waals surface area contributed by atoms with Crippen LogP contribution in [0, 0.1) is 13.8 Å². The molecule has 0 aliphatic carbocycles. The lowest BCUT2D eigenvalue weighted by Gasteiger charge is -2.11. The SMILES string of the molecule is Cc1ccc(CCC(=O)O)cc1-n1ccnc1C. The van der Waals surface area contributed by atoms with Gasteiger partial charge in [-0.2, -0.15) is 0 Å². The van der Waals surface area contributed by atoms with Gasteiger partial charge in [0.05, 0.1) is 0 Å². The summed E-state index contributed by atoms with van der Waals surface area (Å²) in [6.07, 6.45) is 4.39. The third kappa shape index (κ3) is 2.59. The molecule has 94 valence electrons. The second-order valence-electron chi connectivity index (χ2n) is 4.36. The number of aryl methyl sites for hydroxylation is 3. The van der Waals surface area contributed by atoms with Crippen LogP contribution in [-0.2, 0) is 11.2 Å². The van der Waals surface area contributed by atoms with Crippen LogP contribution in [0.1, 0.15) is 23.4 Å². The standard InChI is InChI=1S/C14H16N2O2/c1-10-3-4-12(5-6-14(17)18)9-13(10)16-8-7-15-11(16)2/h3-4,7-9H,5-6H2,1-2H3,(H,17,18). The van der Waals surface area contributed by atoms with Gasteiger partial charge in [-0.1, -0.05) is 12.1 Å². The van der Waals surface area contributed by atoms with E-state index in [2.05, 4.69) is 4.98 Å². The monoisotopic (exact) mass is 244 g/mol. The van der Waals surface area contributed by atoms with Crippen LogP contribution >= 0.6 is 0 Å². The number of carboxylic acids is 1. The molecule has 0 aliphatic rings. The van der Waals surface area contributed by atoms with E-state index in [-0.39, 0.29) is 6.42 Å². The van der Waals surface area contributed by atoms with Gasteiger partial charge in [-0.3, -0.25) is 4.79 Å². The molecule has 0 radical (unpaired) electrons. The Morgan fingerprint density at radius 3 is 2.78 bits per heavy atom. The highest BCUT2D eigenvalue weighted by molar-refractivity contribution is 5.67. The molecule has 0 saturated carbocycles. The first kappa shape index (κ1) is 12.4. The summed E-state index contributed by atoms with van der Waals surface area (Å²) in [5.41, 5.74) is 3.24. The Bertz CT molecular complexity index is 573. The van der Waals surface area contributed by atoms with E-state index in [1.807, 2.05) is 42.8 Å². The van der Waals surface area contributed by atoms with Gasteiger partial charge < -0.3 is 9.67 Å². The molecule has 0 saturated heterocycles. The Morgan fingerprint density at radius 2 is 2.17 bits per heavy atom. The van der Waals surface area contributed by atoms with Crippen molar-refractivity contribution in [2.75, 3.05) is 0 Å². The smallest absolute Gasteiger partial charge is 0.303 e. The number of carboxylic acid groups (broad SMARTS) is 1. The van der Waals surface area contributed by atoms with Crippen LogP contribution in [0.15, 0.2) is 30.6 Å². The molecule has 18 heavy (non-hydrogen) atoms. The Hall–Kier alpha value is -2.10. The van der Waals surface area contributed by atoms with Crippen molar-refractivity contribution in [1.29, 1.82) is 0 Å². The molecule has 0 amide bonds. The van der Waals surface area contributed by atoms with Crippen molar-refractivity contribution in [2.24, 2.45) is 0 Å². The van der Waals surface area contributed by atoms with Crippen LogP contribution in [0.2, 0.25) is 0 Å². The number of carbonyl (C=O) groups is 1. The van der Waals surface area contributed by atoms with E-state index in [0.717, 1.165) is 22.6 Å². The molecule has 0 spiro atoms. The summed E-state index contributed by atoms with van der Waals surface area (Å²) in [7, 11) is 0. The first-order valence-corrected chi connectivity index (χ1v) is 5.89. The van der Waals surface area contributed by atoms with Gasteiger partial charge in [-0.05, 0) is 37.5 Å². The molecular formula is C14H16N2O2. The van der Waals surface area contributed by atoms with Gasteiger partial charge in [0, 0.05) is 24.5 Å². The van der Waals surface area contributed by atoms with E-state index < -0.39 is 5.97 Å². The molecule has 0 aliphatic heterocycles. The number of benzene rings is 1. The second-order valence-corrected chi connectivity index (χ2v) is 4.36. The highest BCUT2D eigenvalue weighted by atomic mass is 16.4. The number of nitrogens with zero attached hydrogens (tertiary/aromatic N) is 2. The molecule has 0 unspecified atom stereocenters. The summed E-state index contributed by atoms with van der Waals surface area (Å²) in [6, 6.07) is 6.03. The number of imidazole rings is 1. The van der Waals surface area contributed by atoms with Crippen LogP contribution in [0.3, 0.4) is 0 Å². The van der Waals surface area contributed by atoms with Gasteiger partial charge in [0.1, 0.15) is 5.82 Å². The Balaban J connectivity index is 2.33. The number of aromatic nitrogens is 2. The van der Waals surface area contributed by atoms with E-state index in [9.17, 15) is 4.79 Å². The van der Waals surface area contributed by atoms with Crippen molar-refractivity contribution < 1.29 is 9.90 Å². The average molecular weight is 244 g/mol. The van der Waals surface area contributed by atoms with Gasteiger partial charge in [-0.25, -0.2) is 4.98 Å². The number of hydrogen-bond donors (Lipinski definition) is 1. The topological polar surface area (TPSA) is 55.1 Å². The van der Waals surface area contributed by atoms with E-state index >= 15 is 0 Å². The zero-order valence-corrected chi connectivity index (χ0v) is 10.6. The minimum absolute atomic E-state index is 0.158. The molecule has 2 rings (SSSR count). The minimum Gasteiger partial charge on any atom is -0.481 e. The third-order valence-electron chi connectivity index (χ3n) is 2.99. The lowest BCUT2D eigenvalue weighted by atomic mass is 10.1. The fourth-order valence-corrected chi connectivity index (χ4v) is 1.95. The van der Waals surface area contributed by atoms with Crippen molar-refractivity contribution in [3.05, 3.63) is 47.5 Å². The lowest BCUT2D eigenvalue weighted by Crippen LogP contribution is -2.02. The summed E-state index contributed by atoms with van der Waals surface area (Å²) >= 11 is 0. The van der Waals surface area contributed by atoms with Gasteiger partial charge in [0.25, 0.3) is 0 Å². The molecule has 1 aromatic carbocycles. The fourth-order valence-electron chi connectivity index (χ4n) is 1.95. The zero-order chi connectivity index (χ0) is 13.1. The number of rotatable bonds is 4. The van der Waals surface area contributed by atoms with Gasteiger partial charge in [0.2, 0.25) is 0 Å². The molecule has 0 atom stereocenters. The van der Waals surface area contributed by atoms with Crippen molar-refractivity contribution >= 4 is 5.97 Å². The van der Waals surface area contributed by atoms with E-state index in [1.165, 1.54) is 0 Å². The van der Waals surface area contributed by atoms with Gasteiger partial charge in [-0.15, -0.1) is 0 Å². The molecule has 1 aromatic heterocycles. The number of hydrogen-bond acceptors (Lipinski definition) is 2. The largest absolute Gasteiger partial charge is 0.481 e. The second kappa shape index (κ2) is 5.04. The summed E-state index contributed by atoms with van der Waals surface area (Å²) in [5, 5.41) is 8.71. The Labute approximate surface area is 106 Å². The molecule has 4 heteroatoms. The Kier molecular flexibility index (Phi) is 3.46. The summed E-state index contributed by atoms with van der Waals surface area (Å²) in [6.45, 7) is 3.99. The fraction of sp³-hybridized carbons (Fsp3) is 0.286. The van der Waals surface area contributed by atoms with Crippen LogP contribution in [-0.4, -0.2) is 20.6 Å². The maximum Gasteiger partial charge on any atom is 0.303 e. The molecular weight excluding hydrogens is 228 g/mol. The van der Waals surface area contributed by atoms with Crippen molar-refractivity contribution in [1.82, 2.24) is 9.55 Å².